The lowest BCUT2D eigenvalue weighted by atomic mass is 9.85. The topological polar surface area (TPSA) is 43.8 Å². The molecule has 0 spiro atoms. The maximum absolute atomic E-state index is 13.9. The highest BCUT2D eigenvalue weighted by molar-refractivity contribution is 5.39. The molecule has 1 aromatic heterocycles. The fraction of sp³-hybridized carbons (Fsp3) is 0.450. The first-order chi connectivity index (χ1) is 12.7. The van der Waals surface area contributed by atoms with Crippen molar-refractivity contribution < 1.29 is 18.6 Å². The van der Waals surface area contributed by atoms with Crippen molar-refractivity contribution >= 4 is 0 Å². The highest BCUT2D eigenvalue weighted by Crippen LogP contribution is 2.48. The molecule has 2 aliphatic heterocycles. The summed E-state index contributed by atoms with van der Waals surface area (Å²) < 4.78 is 30.5. The standard InChI is InChI=1S/C20H23FN2O3/c1-24-11-13-9-23(10-15-4-3-5-19(22-15)25-2)20-16-8-14(21)6-7-18(16)26-12-17(13)20/h3-8,13,17,20H,9-12H2,1-2H3/t13-,17-,20-/m0/s1. The summed E-state index contributed by atoms with van der Waals surface area (Å²) in [7, 11) is 3.34. The van der Waals surface area contributed by atoms with E-state index in [1.54, 1.807) is 26.4 Å². The molecular weight excluding hydrogens is 335 g/mol. The summed E-state index contributed by atoms with van der Waals surface area (Å²) in [6, 6.07) is 10.7. The molecule has 0 N–H and O–H groups in total. The molecule has 0 unspecified atom stereocenters. The molecule has 0 saturated carbocycles. The summed E-state index contributed by atoms with van der Waals surface area (Å²) in [5, 5.41) is 0. The van der Waals surface area contributed by atoms with E-state index in [1.165, 1.54) is 6.07 Å². The Morgan fingerprint density at radius 2 is 2.15 bits per heavy atom. The van der Waals surface area contributed by atoms with Gasteiger partial charge in [-0.1, -0.05) is 6.07 Å². The van der Waals surface area contributed by atoms with Gasteiger partial charge in [-0.3, -0.25) is 4.90 Å². The number of hydrogen-bond acceptors (Lipinski definition) is 5. The van der Waals surface area contributed by atoms with Crippen molar-refractivity contribution in [3.8, 4) is 11.6 Å². The number of rotatable bonds is 5. The number of likely N-dealkylation sites (tertiary alicyclic amines) is 1. The predicted octanol–water partition coefficient (Wildman–Crippen LogP) is 3.06. The SMILES string of the molecule is COC[C@@H]1CN(Cc2cccc(OC)n2)[C@H]2c3cc(F)ccc3OC[C@@H]12. The van der Waals surface area contributed by atoms with E-state index in [0.717, 1.165) is 23.6 Å². The number of methoxy groups -OCH3 is 2. The maximum Gasteiger partial charge on any atom is 0.213 e. The fourth-order valence-electron chi connectivity index (χ4n) is 4.22. The molecule has 5 nitrogen and oxygen atoms in total. The molecule has 6 heteroatoms. The number of ether oxygens (including phenoxy) is 3. The summed E-state index contributed by atoms with van der Waals surface area (Å²) in [5.74, 6) is 1.75. The monoisotopic (exact) mass is 358 g/mol. The van der Waals surface area contributed by atoms with Gasteiger partial charge in [0, 0.05) is 49.7 Å². The van der Waals surface area contributed by atoms with Crippen molar-refractivity contribution in [2.45, 2.75) is 12.6 Å². The van der Waals surface area contributed by atoms with Gasteiger partial charge in [-0.15, -0.1) is 0 Å². The van der Waals surface area contributed by atoms with Crippen LogP contribution in [0.4, 0.5) is 4.39 Å². The number of hydrogen-bond donors (Lipinski definition) is 0. The second kappa shape index (κ2) is 7.21. The van der Waals surface area contributed by atoms with E-state index in [4.69, 9.17) is 14.2 Å². The first-order valence-corrected chi connectivity index (χ1v) is 8.84. The van der Waals surface area contributed by atoms with Gasteiger partial charge in [-0.05, 0) is 24.3 Å². The quantitative estimate of drug-likeness (QED) is 0.822. The largest absolute Gasteiger partial charge is 0.493 e. The zero-order chi connectivity index (χ0) is 18.1. The molecule has 2 aromatic rings. The highest BCUT2D eigenvalue weighted by Gasteiger charge is 2.46. The van der Waals surface area contributed by atoms with Crippen molar-refractivity contribution in [1.82, 2.24) is 9.88 Å². The Bertz CT molecular complexity index is 785. The van der Waals surface area contributed by atoms with Gasteiger partial charge in [0.05, 0.1) is 26.0 Å². The van der Waals surface area contributed by atoms with Gasteiger partial charge in [0.2, 0.25) is 5.88 Å². The molecular formula is C20H23FN2O3. The number of fused-ring (bicyclic) bond motifs is 3. The van der Waals surface area contributed by atoms with Gasteiger partial charge in [-0.2, -0.15) is 0 Å². The van der Waals surface area contributed by atoms with Gasteiger partial charge in [0.15, 0.2) is 0 Å². The van der Waals surface area contributed by atoms with Crippen LogP contribution in [0, 0.1) is 17.7 Å². The molecule has 0 aliphatic carbocycles. The number of pyridine rings is 1. The average Bonchev–Trinajstić information content (AvgIpc) is 3.00. The van der Waals surface area contributed by atoms with Crippen LogP contribution >= 0.6 is 0 Å². The lowest BCUT2D eigenvalue weighted by molar-refractivity contribution is 0.0979. The van der Waals surface area contributed by atoms with E-state index < -0.39 is 0 Å². The van der Waals surface area contributed by atoms with Crippen LogP contribution in [-0.2, 0) is 11.3 Å². The third-order valence-electron chi connectivity index (χ3n) is 5.33. The predicted molar refractivity (Wildman–Crippen MR) is 94.7 cm³/mol. The number of nitrogens with zero attached hydrogens (tertiary/aromatic N) is 2. The van der Waals surface area contributed by atoms with Gasteiger partial charge < -0.3 is 14.2 Å². The van der Waals surface area contributed by atoms with Crippen LogP contribution in [0.1, 0.15) is 17.3 Å². The van der Waals surface area contributed by atoms with Gasteiger partial charge >= 0.3 is 0 Å². The summed E-state index contributed by atoms with van der Waals surface area (Å²) >= 11 is 0. The van der Waals surface area contributed by atoms with E-state index in [9.17, 15) is 4.39 Å². The van der Waals surface area contributed by atoms with Crippen LogP contribution < -0.4 is 9.47 Å². The molecule has 1 saturated heterocycles. The highest BCUT2D eigenvalue weighted by atomic mass is 19.1. The molecule has 3 heterocycles. The molecule has 26 heavy (non-hydrogen) atoms. The Balaban J connectivity index is 1.67. The normalized spacial score (nSPS) is 24.7. The zero-order valence-electron chi connectivity index (χ0n) is 15.0. The minimum atomic E-state index is -0.234. The van der Waals surface area contributed by atoms with E-state index in [-0.39, 0.29) is 17.8 Å². The molecule has 3 atom stereocenters. The molecule has 1 fully saturated rings. The molecule has 4 rings (SSSR count). The molecule has 0 bridgehead atoms. The lowest BCUT2D eigenvalue weighted by Gasteiger charge is -2.34. The van der Waals surface area contributed by atoms with Crippen LogP contribution in [-0.4, -0.2) is 43.9 Å². The minimum absolute atomic E-state index is 0.0996. The summed E-state index contributed by atoms with van der Waals surface area (Å²) in [4.78, 5) is 6.89. The smallest absolute Gasteiger partial charge is 0.213 e. The fourth-order valence-corrected chi connectivity index (χ4v) is 4.22. The second-order valence-corrected chi connectivity index (χ2v) is 6.92. The van der Waals surface area contributed by atoms with Crippen molar-refractivity contribution in [2.24, 2.45) is 11.8 Å². The first kappa shape index (κ1) is 17.2. The van der Waals surface area contributed by atoms with E-state index in [0.29, 0.717) is 31.6 Å². The molecule has 1 aromatic carbocycles. The molecule has 0 amide bonds. The lowest BCUT2D eigenvalue weighted by Crippen LogP contribution is -2.32. The number of benzene rings is 1. The van der Waals surface area contributed by atoms with E-state index in [2.05, 4.69) is 9.88 Å². The maximum atomic E-state index is 13.9. The first-order valence-electron chi connectivity index (χ1n) is 8.84. The molecule has 0 radical (unpaired) electrons. The Labute approximate surface area is 152 Å². The Morgan fingerprint density at radius 3 is 2.96 bits per heavy atom. The second-order valence-electron chi connectivity index (χ2n) is 6.92. The Kier molecular flexibility index (Phi) is 4.78. The number of aromatic nitrogens is 1. The van der Waals surface area contributed by atoms with Crippen LogP contribution in [0.15, 0.2) is 36.4 Å². The minimum Gasteiger partial charge on any atom is -0.493 e. The van der Waals surface area contributed by atoms with Gasteiger partial charge in [0.1, 0.15) is 11.6 Å². The Hall–Kier alpha value is -2.18. The zero-order valence-corrected chi connectivity index (χ0v) is 15.0. The molecule has 138 valence electrons. The summed E-state index contributed by atoms with van der Waals surface area (Å²) in [5.41, 5.74) is 1.85. The van der Waals surface area contributed by atoms with Crippen molar-refractivity contribution in [2.75, 3.05) is 34.0 Å². The average molecular weight is 358 g/mol. The number of halogens is 1. The third kappa shape index (κ3) is 3.15. The Morgan fingerprint density at radius 1 is 1.27 bits per heavy atom. The molecule has 2 aliphatic rings. The van der Waals surface area contributed by atoms with Crippen LogP contribution in [0.2, 0.25) is 0 Å². The summed E-state index contributed by atoms with van der Waals surface area (Å²) in [6.07, 6.45) is 0. The van der Waals surface area contributed by atoms with Crippen LogP contribution in [0.5, 0.6) is 11.6 Å². The van der Waals surface area contributed by atoms with Crippen molar-refractivity contribution in [1.29, 1.82) is 0 Å². The van der Waals surface area contributed by atoms with E-state index in [1.807, 2.05) is 18.2 Å². The summed E-state index contributed by atoms with van der Waals surface area (Å²) in [6.45, 7) is 2.83. The van der Waals surface area contributed by atoms with E-state index >= 15 is 0 Å². The van der Waals surface area contributed by atoms with Crippen LogP contribution in [0.25, 0.3) is 0 Å². The van der Waals surface area contributed by atoms with Gasteiger partial charge in [-0.25, -0.2) is 9.37 Å². The van der Waals surface area contributed by atoms with Gasteiger partial charge in [0.25, 0.3) is 0 Å². The van der Waals surface area contributed by atoms with Crippen LogP contribution in [0.3, 0.4) is 0 Å². The van der Waals surface area contributed by atoms with Crippen molar-refractivity contribution in [3.05, 3.63) is 53.5 Å². The van der Waals surface area contributed by atoms with Crippen molar-refractivity contribution in [3.63, 3.8) is 0 Å². The third-order valence-corrected chi connectivity index (χ3v) is 5.33.